The molecule has 6 nitrogen and oxygen atoms in total. The van der Waals surface area contributed by atoms with Crippen LogP contribution < -0.4 is 10.9 Å². The van der Waals surface area contributed by atoms with Gasteiger partial charge in [-0.05, 0) is 30.5 Å². The molecule has 0 spiro atoms. The second kappa shape index (κ2) is 8.03. The Morgan fingerprint density at radius 3 is 2.65 bits per heavy atom. The van der Waals surface area contributed by atoms with Crippen LogP contribution in [0, 0.1) is 5.82 Å². The number of hydrogen-bond acceptors (Lipinski definition) is 4. The number of benzene rings is 2. The van der Waals surface area contributed by atoms with Crippen LogP contribution in [-0.4, -0.2) is 26.2 Å². The van der Waals surface area contributed by atoms with Crippen LogP contribution in [0.2, 0.25) is 0 Å². The van der Waals surface area contributed by atoms with Gasteiger partial charge in [-0.1, -0.05) is 54.2 Å². The number of amides is 1. The number of halogens is 1. The van der Waals surface area contributed by atoms with Crippen molar-refractivity contribution in [1.29, 1.82) is 0 Å². The number of thioether (sulfide) groups is 1. The molecule has 2 aromatic heterocycles. The number of carbonyl (C=O) groups excluding carboxylic acids is 1. The molecule has 31 heavy (non-hydrogen) atoms. The van der Waals surface area contributed by atoms with Gasteiger partial charge in [-0.25, -0.2) is 9.37 Å². The Kier molecular flexibility index (Phi) is 5.07. The number of rotatable bonds is 6. The monoisotopic (exact) mass is 434 g/mol. The van der Waals surface area contributed by atoms with Gasteiger partial charge in [-0.3, -0.25) is 14.2 Å². The predicted molar refractivity (Wildman–Crippen MR) is 120 cm³/mol. The molecule has 1 saturated carbocycles. The molecule has 1 aliphatic carbocycles. The molecule has 0 radical (unpaired) electrons. The molecule has 0 saturated heterocycles. The molecule has 0 unspecified atom stereocenters. The maximum atomic E-state index is 13.8. The van der Waals surface area contributed by atoms with E-state index >= 15 is 0 Å². The molecule has 2 heterocycles. The van der Waals surface area contributed by atoms with Crippen molar-refractivity contribution in [2.45, 2.75) is 24.0 Å². The molecule has 0 aliphatic heterocycles. The number of aromatic nitrogens is 3. The summed E-state index contributed by atoms with van der Waals surface area (Å²) in [7, 11) is 0. The maximum absolute atomic E-state index is 13.8. The molecular weight excluding hydrogens is 415 g/mol. The second-order valence-electron chi connectivity index (χ2n) is 7.41. The Bertz CT molecular complexity index is 1330. The van der Waals surface area contributed by atoms with E-state index in [0.29, 0.717) is 16.2 Å². The lowest BCUT2D eigenvalue weighted by molar-refractivity contribution is -0.113. The largest absolute Gasteiger partial charge is 0.355 e. The average Bonchev–Trinajstić information content (AvgIpc) is 3.52. The fourth-order valence-corrected chi connectivity index (χ4v) is 4.38. The first kappa shape index (κ1) is 19.6. The van der Waals surface area contributed by atoms with Gasteiger partial charge in [0.1, 0.15) is 16.9 Å². The van der Waals surface area contributed by atoms with Crippen LogP contribution in [0.1, 0.15) is 18.9 Å². The highest BCUT2D eigenvalue weighted by atomic mass is 32.2. The summed E-state index contributed by atoms with van der Waals surface area (Å²) in [5, 5.41) is 3.07. The summed E-state index contributed by atoms with van der Waals surface area (Å²) in [6, 6.07) is 15.8. The van der Waals surface area contributed by atoms with E-state index in [4.69, 9.17) is 4.98 Å². The van der Waals surface area contributed by atoms with Gasteiger partial charge in [0.05, 0.1) is 11.4 Å². The number of H-pyrrole nitrogens is 1. The van der Waals surface area contributed by atoms with Gasteiger partial charge in [-0.15, -0.1) is 0 Å². The zero-order valence-corrected chi connectivity index (χ0v) is 17.3. The molecule has 1 aliphatic rings. The van der Waals surface area contributed by atoms with Gasteiger partial charge >= 0.3 is 0 Å². The van der Waals surface area contributed by atoms with Crippen LogP contribution >= 0.6 is 11.8 Å². The lowest BCUT2D eigenvalue weighted by Crippen LogP contribution is -2.23. The fraction of sp³-hybridized carbons (Fsp3) is 0.174. The number of nitrogens with zero attached hydrogens (tertiary/aromatic N) is 2. The lowest BCUT2D eigenvalue weighted by atomic mass is 10.1. The molecule has 0 atom stereocenters. The van der Waals surface area contributed by atoms with E-state index in [0.717, 1.165) is 24.0 Å². The highest BCUT2D eigenvalue weighted by molar-refractivity contribution is 7.99. The van der Waals surface area contributed by atoms with E-state index in [1.165, 1.54) is 23.9 Å². The smallest absolute Gasteiger partial charge is 0.278 e. The molecule has 2 N–H and O–H groups in total. The van der Waals surface area contributed by atoms with Gasteiger partial charge in [0.25, 0.3) is 5.56 Å². The topological polar surface area (TPSA) is 79.8 Å². The first-order valence-electron chi connectivity index (χ1n) is 9.98. The minimum atomic E-state index is -0.491. The zero-order chi connectivity index (χ0) is 21.4. The minimum Gasteiger partial charge on any atom is -0.355 e. The predicted octanol–water partition coefficient (Wildman–Crippen LogP) is 4.60. The summed E-state index contributed by atoms with van der Waals surface area (Å²) in [6.07, 6.45) is 3.62. The number of para-hydroxylation sites is 1. The van der Waals surface area contributed by atoms with Crippen molar-refractivity contribution >= 4 is 34.4 Å². The van der Waals surface area contributed by atoms with Crippen molar-refractivity contribution in [1.82, 2.24) is 14.5 Å². The first-order valence-corrected chi connectivity index (χ1v) is 11.0. The van der Waals surface area contributed by atoms with Crippen molar-refractivity contribution in [2.75, 3.05) is 11.1 Å². The van der Waals surface area contributed by atoms with E-state index in [1.807, 2.05) is 30.3 Å². The summed E-state index contributed by atoms with van der Waals surface area (Å²) >= 11 is 1.19. The minimum absolute atomic E-state index is 0.0180. The van der Waals surface area contributed by atoms with Crippen LogP contribution in [0.25, 0.3) is 22.2 Å². The first-order chi connectivity index (χ1) is 15.1. The number of nitrogens with one attached hydrogen (secondary N) is 2. The third-order valence-corrected chi connectivity index (χ3v) is 6.13. The molecule has 1 amide bonds. The van der Waals surface area contributed by atoms with Gasteiger partial charge in [0.2, 0.25) is 5.91 Å². The van der Waals surface area contributed by atoms with Gasteiger partial charge < -0.3 is 10.3 Å². The normalized spacial score (nSPS) is 13.5. The SMILES string of the molecule is O=C(CSc1nc2c(-c3ccccc3)c[nH]c2c(=O)n1C1CC1)Nc1ccccc1F. The lowest BCUT2D eigenvalue weighted by Gasteiger charge is -2.12. The van der Waals surface area contributed by atoms with Gasteiger partial charge in [-0.2, -0.15) is 0 Å². The molecule has 5 rings (SSSR count). The molecule has 0 bridgehead atoms. The quantitative estimate of drug-likeness (QED) is 0.343. The summed E-state index contributed by atoms with van der Waals surface area (Å²) in [4.78, 5) is 33.4. The van der Waals surface area contributed by atoms with Crippen LogP contribution in [0.15, 0.2) is 70.7 Å². The molecule has 1 fully saturated rings. The van der Waals surface area contributed by atoms with E-state index in [-0.39, 0.29) is 28.9 Å². The molecule has 156 valence electrons. The number of aromatic amines is 1. The van der Waals surface area contributed by atoms with Crippen molar-refractivity contribution < 1.29 is 9.18 Å². The number of hydrogen-bond donors (Lipinski definition) is 2. The number of anilines is 1. The number of carbonyl (C=O) groups is 1. The average molecular weight is 434 g/mol. The van der Waals surface area contributed by atoms with Crippen LogP contribution in [0.5, 0.6) is 0 Å². The second-order valence-corrected chi connectivity index (χ2v) is 8.35. The van der Waals surface area contributed by atoms with E-state index in [9.17, 15) is 14.0 Å². The number of fused-ring (bicyclic) bond motifs is 1. The van der Waals surface area contributed by atoms with Crippen molar-refractivity contribution in [3.63, 3.8) is 0 Å². The van der Waals surface area contributed by atoms with Gasteiger partial charge in [0.15, 0.2) is 5.16 Å². The summed E-state index contributed by atoms with van der Waals surface area (Å²) in [6.45, 7) is 0. The summed E-state index contributed by atoms with van der Waals surface area (Å²) in [5.74, 6) is -0.830. The van der Waals surface area contributed by atoms with E-state index < -0.39 is 5.82 Å². The Morgan fingerprint density at radius 2 is 1.90 bits per heavy atom. The zero-order valence-electron chi connectivity index (χ0n) is 16.5. The van der Waals surface area contributed by atoms with Crippen molar-refractivity contribution in [3.8, 4) is 11.1 Å². The molecular formula is C23H19FN4O2S. The molecule has 4 aromatic rings. The summed E-state index contributed by atoms with van der Waals surface area (Å²) in [5.41, 5.74) is 2.85. The third-order valence-electron chi connectivity index (χ3n) is 5.18. The maximum Gasteiger partial charge on any atom is 0.278 e. The van der Waals surface area contributed by atoms with Crippen LogP contribution in [0.4, 0.5) is 10.1 Å². The fourth-order valence-electron chi connectivity index (χ4n) is 3.52. The van der Waals surface area contributed by atoms with E-state index in [1.54, 1.807) is 22.9 Å². The third kappa shape index (κ3) is 3.86. The Morgan fingerprint density at radius 1 is 1.16 bits per heavy atom. The van der Waals surface area contributed by atoms with Crippen molar-refractivity contribution in [3.05, 3.63) is 77.0 Å². The Balaban J connectivity index is 1.47. The van der Waals surface area contributed by atoms with Crippen LogP contribution in [0.3, 0.4) is 0 Å². The summed E-state index contributed by atoms with van der Waals surface area (Å²) < 4.78 is 15.5. The van der Waals surface area contributed by atoms with Crippen molar-refractivity contribution in [2.24, 2.45) is 0 Å². The standard InChI is InChI=1S/C23H19FN4O2S/c24-17-8-4-5-9-18(17)26-19(29)13-31-23-27-20-16(14-6-2-1-3-7-14)12-25-21(20)22(30)28(23)15-10-11-15/h1-9,12,15,25H,10-11,13H2,(H,26,29). The highest BCUT2D eigenvalue weighted by Crippen LogP contribution is 2.37. The highest BCUT2D eigenvalue weighted by Gasteiger charge is 2.29. The van der Waals surface area contributed by atoms with Gasteiger partial charge in [0, 0.05) is 17.8 Å². The molecule has 2 aromatic carbocycles. The Hall–Kier alpha value is -3.39. The Labute approximate surface area is 181 Å². The van der Waals surface area contributed by atoms with E-state index in [2.05, 4.69) is 10.3 Å². The molecule has 8 heteroatoms. The van der Waals surface area contributed by atoms with Crippen LogP contribution in [-0.2, 0) is 4.79 Å².